The van der Waals surface area contributed by atoms with Gasteiger partial charge in [-0.1, -0.05) is 6.07 Å². The van der Waals surface area contributed by atoms with Crippen molar-refractivity contribution in [1.82, 2.24) is 0 Å². The Hall–Kier alpha value is -1.54. The van der Waals surface area contributed by atoms with Crippen molar-refractivity contribution in [3.63, 3.8) is 0 Å². The second kappa shape index (κ2) is 10.4. The van der Waals surface area contributed by atoms with E-state index in [9.17, 15) is 9.59 Å². The standard InChI is InChI=1S/C16H19N3O2S2.ClH/c1-22-10-8-13(17)15(20)18-11-4-6-12(7-5-11)19-16(21)14-3-2-9-23-14;/h2-7,9,13H,8,10,17H2,1H3,(H,18,20)(H,19,21);1H/t13-;/m0./s1. The lowest BCUT2D eigenvalue weighted by molar-refractivity contribution is -0.117. The van der Waals surface area contributed by atoms with Crippen LogP contribution in [0.2, 0.25) is 0 Å². The van der Waals surface area contributed by atoms with Gasteiger partial charge in [0.25, 0.3) is 5.91 Å². The van der Waals surface area contributed by atoms with Gasteiger partial charge in [0.2, 0.25) is 5.91 Å². The number of carbonyl (C=O) groups excluding carboxylic acids is 2. The molecule has 2 rings (SSSR count). The molecule has 0 aliphatic rings. The first-order valence-corrected chi connectivity index (χ1v) is 9.38. The molecule has 0 unspecified atom stereocenters. The number of nitrogens with one attached hydrogen (secondary N) is 2. The van der Waals surface area contributed by atoms with Gasteiger partial charge in [0.15, 0.2) is 0 Å². The maximum atomic E-state index is 11.9. The Bertz CT molecular complexity index is 648. The van der Waals surface area contributed by atoms with Crippen molar-refractivity contribution in [2.45, 2.75) is 12.5 Å². The third-order valence-corrected chi connectivity index (χ3v) is 4.64. The zero-order valence-corrected chi connectivity index (χ0v) is 15.6. The summed E-state index contributed by atoms with van der Waals surface area (Å²) in [6, 6.07) is 10.1. The van der Waals surface area contributed by atoms with Crippen LogP contribution in [-0.2, 0) is 4.79 Å². The van der Waals surface area contributed by atoms with Gasteiger partial charge in [-0.2, -0.15) is 11.8 Å². The van der Waals surface area contributed by atoms with Crippen molar-refractivity contribution >= 4 is 58.7 Å². The lowest BCUT2D eigenvalue weighted by atomic mass is 10.2. The van der Waals surface area contributed by atoms with Crippen LogP contribution >= 0.6 is 35.5 Å². The lowest BCUT2D eigenvalue weighted by Crippen LogP contribution is -2.36. The average Bonchev–Trinajstić information content (AvgIpc) is 3.09. The lowest BCUT2D eigenvalue weighted by Gasteiger charge is -2.12. The molecule has 1 atom stereocenters. The minimum absolute atomic E-state index is 0. The Morgan fingerprint density at radius 1 is 1.17 bits per heavy atom. The summed E-state index contributed by atoms with van der Waals surface area (Å²) in [7, 11) is 0. The monoisotopic (exact) mass is 385 g/mol. The number of nitrogens with two attached hydrogens (primary N) is 1. The van der Waals surface area contributed by atoms with Crippen molar-refractivity contribution in [3.8, 4) is 0 Å². The first-order chi connectivity index (χ1) is 11.1. The number of thiophene rings is 1. The Labute approximate surface area is 155 Å². The highest BCUT2D eigenvalue weighted by atomic mass is 35.5. The normalized spacial score (nSPS) is 11.2. The molecule has 0 aliphatic carbocycles. The Morgan fingerprint density at radius 3 is 2.33 bits per heavy atom. The van der Waals surface area contributed by atoms with Crippen molar-refractivity contribution in [2.24, 2.45) is 5.73 Å². The van der Waals surface area contributed by atoms with Crippen LogP contribution in [0.5, 0.6) is 0 Å². The van der Waals surface area contributed by atoms with Crippen LogP contribution in [0.4, 0.5) is 11.4 Å². The van der Waals surface area contributed by atoms with E-state index in [1.165, 1.54) is 11.3 Å². The average molecular weight is 386 g/mol. The van der Waals surface area contributed by atoms with Crippen LogP contribution in [0, 0.1) is 0 Å². The maximum absolute atomic E-state index is 11.9. The number of thioether (sulfide) groups is 1. The van der Waals surface area contributed by atoms with E-state index in [-0.39, 0.29) is 24.2 Å². The van der Waals surface area contributed by atoms with Gasteiger partial charge in [0.1, 0.15) is 0 Å². The molecule has 0 spiro atoms. The number of amides is 2. The fraction of sp³-hybridized carbons (Fsp3) is 0.250. The number of hydrogen-bond acceptors (Lipinski definition) is 5. The number of hydrogen-bond donors (Lipinski definition) is 3. The molecule has 5 nitrogen and oxygen atoms in total. The number of rotatable bonds is 7. The van der Waals surface area contributed by atoms with Crippen LogP contribution in [0.15, 0.2) is 41.8 Å². The van der Waals surface area contributed by atoms with Gasteiger partial charge in [-0.15, -0.1) is 23.7 Å². The SMILES string of the molecule is CSCC[C@H](N)C(=O)Nc1ccc(NC(=O)c2cccs2)cc1.Cl. The Morgan fingerprint density at radius 2 is 1.79 bits per heavy atom. The van der Waals surface area contributed by atoms with Crippen molar-refractivity contribution in [3.05, 3.63) is 46.7 Å². The molecule has 1 aromatic carbocycles. The van der Waals surface area contributed by atoms with Crippen LogP contribution in [-0.4, -0.2) is 29.9 Å². The molecule has 24 heavy (non-hydrogen) atoms. The van der Waals surface area contributed by atoms with E-state index in [2.05, 4.69) is 10.6 Å². The van der Waals surface area contributed by atoms with Gasteiger partial charge in [-0.3, -0.25) is 9.59 Å². The topological polar surface area (TPSA) is 84.2 Å². The summed E-state index contributed by atoms with van der Waals surface area (Å²) >= 11 is 3.05. The third kappa shape index (κ3) is 6.16. The molecule has 2 aromatic rings. The zero-order valence-electron chi connectivity index (χ0n) is 13.2. The van der Waals surface area contributed by atoms with Crippen LogP contribution in [0.1, 0.15) is 16.1 Å². The quantitative estimate of drug-likeness (QED) is 0.681. The molecule has 130 valence electrons. The Balaban J connectivity index is 0.00000288. The predicted octanol–water partition coefficient (Wildman–Crippen LogP) is 3.44. The molecular weight excluding hydrogens is 366 g/mol. The van der Waals surface area contributed by atoms with E-state index in [0.717, 1.165) is 5.75 Å². The summed E-state index contributed by atoms with van der Waals surface area (Å²) in [6.07, 6.45) is 2.62. The van der Waals surface area contributed by atoms with E-state index >= 15 is 0 Å². The Kier molecular flexibility index (Phi) is 8.84. The molecule has 2 amide bonds. The summed E-state index contributed by atoms with van der Waals surface area (Å²) in [5.41, 5.74) is 7.15. The smallest absolute Gasteiger partial charge is 0.265 e. The van der Waals surface area contributed by atoms with Crippen molar-refractivity contribution < 1.29 is 9.59 Å². The molecule has 0 fully saturated rings. The number of benzene rings is 1. The van der Waals surface area contributed by atoms with Gasteiger partial charge in [-0.05, 0) is 54.1 Å². The molecule has 0 saturated heterocycles. The molecule has 8 heteroatoms. The molecule has 4 N–H and O–H groups in total. The summed E-state index contributed by atoms with van der Waals surface area (Å²) in [6.45, 7) is 0. The minimum Gasteiger partial charge on any atom is -0.325 e. The summed E-state index contributed by atoms with van der Waals surface area (Å²) in [5.74, 6) is 0.507. The largest absolute Gasteiger partial charge is 0.325 e. The summed E-state index contributed by atoms with van der Waals surface area (Å²) < 4.78 is 0. The summed E-state index contributed by atoms with van der Waals surface area (Å²) in [5, 5.41) is 7.44. The highest BCUT2D eigenvalue weighted by molar-refractivity contribution is 7.98. The van der Waals surface area contributed by atoms with E-state index in [1.807, 2.05) is 17.7 Å². The number of carbonyl (C=O) groups is 2. The summed E-state index contributed by atoms with van der Waals surface area (Å²) in [4.78, 5) is 24.5. The fourth-order valence-corrected chi connectivity index (χ4v) is 2.96. The van der Waals surface area contributed by atoms with Gasteiger partial charge < -0.3 is 16.4 Å². The molecule has 0 bridgehead atoms. The minimum atomic E-state index is -0.513. The predicted molar refractivity (Wildman–Crippen MR) is 106 cm³/mol. The molecule has 0 aliphatic heterocycles. The number of anilines is 2. The molecule has 1 heterocycles. The van der Waals surface area contributed by atoms with Gasteiger partial charge in [0.05, 0.1) is 10.9 Å². The molecule has 1 aromatic heterocycles. The fourth-order valence-electron chi connectivity index (χ4n) is 1.85. The second-order valence-corrected chi connectivity index (χ2v) is 6.82. The van der Waals surface area contributed by atoms with Crippen LogP contribution < -0.4 is 16.4 Å². The van der Waals surface area contributed by atoms with Crippen molar-refractivity contribution in [2.75, 3.05) is 22.6 Å². The second-order valence-electron chi connectivity index (χ2n) is 4.89. The van der Waals surface area contributed by atoms with Gasteiger partial charge in [-0.25, -0.2) is 0 Å². The first-order valence-electron chi connectivity index (χ1n) is 7.10. The highest BCUT2D eigenvalue weighted by Gasteiger charge is 2.13. The number of halogens is 1. The van der Waals surface area contributed by atoms with E-state index in [1.54, 1.807) is 42.1 Å². The van der Waals surface area contributed by atoms with E-state index in [0.29, 0.717) is 22.7 Å². The van der Waals surface area contributed by atoms with E-state index in [4.69, 9.17) is 5.73 Å². The maximum Gasteiger partial charge on any atom is 0.265 e. The molecule has 0 saturated carbocycles. The van der Waals surface area contributed by atoms with Gasteiger partial charge >= 0.3 is 0 Å². The molecule has 0 radical (unpaired) electrons. The van der Waals surface area contributed by atoms with E-state index < -0.39 is 6.04 Å². The van der Waals surface area contributed by atoms with Crippen molar-refractivity contribution in [1.29, 1.82) is 0 Å². The van der Waals surface area contributed by atoms with Crippen LogP contribution in [0.3, 0.4) is 0 Å². The molecular formula is C16H20ClN3O2S2. The van der Waals surface area contributed by atoms with Gasteiger partial charge in [0, 0.05) is 11.4 Å². The zero-order chi connectivity index (χ0) is 16.7. The third-order valence-electron chi connectivity index (χ3n) is 3.13. The van der Waals surface area contributed by atoms with Crippen LogP contribution in [0.25, 0.3) is 0 Å². The first kappa shape index (κ1) is 20.5. The highest BCUT2D eigenvalue weighted by Crippen LogP contribution is 2.16.